The molecule has 2 nitrogen and oxygen atoms in total. The molecule has 4 saturated carbocycles. The number of rotatable bonds is 2. The van der Waals surface area contributed by atoms with Crippen molar-refractivity contribution in [3.05, 3.63) is 30.3 Å². The first kappa shape index (κ1) is 18.7. The van der Waals surface area contributed by atoms with Crippen molar-refractivity contribution in [1.29, 1.82) is 0 Å². The molecule has 4 aliphatic carbocycles. The van der Waals surface area contributed by atoms with E-state index in [9.17, 15) is 4.79 Å². The van der Waals surface area contributed by atoms with Crippen LogP contribution in [0.4, 0.5) is 5.69 Å². The Balaban J connectivity index is 1.32. The summed E-state index contributed by atoms with van der Waals surface area (Å²) in [7, 11) is 0. The molecule has 4 fully saturated rings. The van der Waals surface area contributed by atoms with Gasteiger partial charge in [-0.2, -0.15) is 0 Å². The number of hydrogen-bond acceptors (Lipinski definition) is 1. The second-order valence-corrected chi connectivity index (χ2v) is 10.9. The molecule has 0 aliphatic heterocycles. The van der Waals surface area contributed by atoms with Crippen molar-refractivity contribution in [1.82, 2.24) is 0 Å². The molecule has 4 aliphatic rings. The number of hydrogen-bond donors (Lipinski definition) is 1. The molecule has 0 heterocycles. The molecule has 2 heteroatoms. The molecule has 152 valence electrons. The highest BCUT2D eigenvalue weighted by Crippen LogP contribution is 2.64. The van der Waals surface area contributed by atoms with Gasteiger partial charge in [0.05, 0.1) is 0 Å². The van der Waals surface area contributed by atoms with Crippen LogP contribution in [0.1, 0.15) is 71.6 Å². The minimum atomic E-state index is 0.197. The maximum atomic E-state index is 13.2. The van der Waals surface area contributed by atoms with Gasteiger partial charge in [-0.3, -0.25) is 4.79 Å². The Labute approximate surface area is 170 Å². The van der Waals surface area contributed by atoms with Gasteiger partial charge >= 0.3 is 0 Å². The smallest absolute Gasteiger partial charge is 0.228 e. The molecule has 0 spiro atoms. The predicted octanol–water partition coefficient (Wildman–Crippen LogP) is 6.53. The molecule has 1 aromatic rings. The molecule has 5 rings (SSSR count). The lowest BCUT2D eigenvalue weighted by molar-refractivity contribution is -0.127. The van der Waals surface area contributed by atoms with Crippen molar-refractivity contribution in [2.75, 3.05) is 5.32 Å². The SMILES string of the molecule is CC1CCC2C(CCC3C2CCC2(C)C3CC[C@@H]2C(=O)Nc2ccccc2)C1. The minimum Gasteiger partial charge on any atom is -0.326 e. The highest BCUT2D eigenvalue weighted by atomic mass is 16.1. The Morgan fingerprint density at radius 2 is 1.71 bits per heavy atom. The summed E-state index contributed by atoms with van der Waals surface area (Å²) in [5.41, 5.74) is 1.17. The van der Waals surface area contributed by atoms with E-state index in [1.807, 2.05) is 30.3 Å². The van der Waals surface area contributed by atoms with Gasteiger partial charge in [0.1, 0.15) is 0 Å². The molecule has 28 heavy (non-hydrogen) atoms. The fourth-order valence-corrected chi connectivity index (χ4v) is 8.27. The summed E-state index contributed by atoms with van der Waals surface area (Å²) in [6.45, 7) is 4.93. The molecule has 1 amide bonds. The number of carbonyl (C=O) groups is 1. The molecule has 7 unspecified atom stereocenters. The van der Waals surface area contributed by atoms with Gasteiger partial charge in [0.25, 0.3) is 0 Å². The van der Waals surface area contributed by atoms with Gasteiger partial charge in [-0.1, -0.05) is 38.5 Å². The first-order chi connectivity index (χ1) is 13.6. The van der Waals surface area contributed by atoms with Crippen LogP contribution in [0.2, 0.25) is 0 Å². The summed E-state index contributed by atoms with van der Waals surface area (Å²) >= 11 is 0. The zero-order valence-electron chi connectivity index (χ0n) is 17.7. The first-order valence-corrected chi connectivity index (χ1v) is 11.9. The molecule has 1 N–H and O–H groups in total. The average Bonchev–Trinajstić information content (AvgIpc) is 3.05. The summed E-state index contributed by atoms with van der Waals surface area (Å²) in [6, 6.07) is 10.0. The number of carbonyl (C=O) groups excluding carboxylic acids is 1. The highest BCUT2D eigenvalue weighted by molar-refractivity contribution is 5.93. The van der Waals surface area contributed by atoms with Gasteiger partial charge in [0.15, 0.2) is 0 Å². The minimum absolute atomic E-state index is 0.197. The fourth-order valence-electron chi connectivity index (χ4n) is 8.27. The number of anilines is 1. The lowest BCUT2D eigenvalue weighted by atomic mass is 9.49. The first-order valence-electron chi connectivity index (χ1n) is 11.9. The van der Waals surface area contributed by atoms with E-state index in [0.29, 0.717) is 0 Å². The Morgan fingerprint density at radius 1 is 0.929 bits per heavy atom. The Kier molecular flexibility index (Phi) is 4.80. The lowest BCUT2D eigenvalue weighted by Gasteiger charge is -2.56. The molecular formula is C26H37NO. The zero-order chi connectivity index (χ0) is 19.3. The third-order valence-electron chi connectivity index (χ3n) is 9.57. The quantitative estimate of drug-likeness (QED) is 0.622. The summed E-state index contributed by atoms with van der Waals surface area (Å²) in [5, 5.41) is 3.23. The Hall–Kier alpha value is -1.31. The monoisotopic (exact) mass is 379 g/mol. The highest BCUT2D eigenvalue weighted by Gasteiger charge is 2.58. The third kappa shape index (κ3) is 3.02. The molecule has 0 radical (unpaired) electrons. The summed E-state index contributed by atoms with van der Waals surface area (Å²) in [4.78, 5) is 13.2. The van der Waals surface area contributed by atoms with Crippen LogP contribution in [-0.4, -0.2) is 5.91 Å². The molecule has 0 aromatic heterocycles. The molecule has 0 bridgehead atoms. The largest absolute Gasteiger partial charge is 0.326 e. The standard InChI is InChI=1S/C26H37NO/c1-17-8-10-20-18(16-17)9-11-22-21(20)14-15-26(2)23(22)12-13-24(26)25(28)27-19-6-4-3-5-7-19/h3-7,17-18,20-24H,8-16H2,1-2H3,(H,27,28)/t17?,18?,20?,21?,22?,23?,24-,26?/m1/s1. The summed E-state index contributed by atoms with van der Waals surface area (Å²) in [6.07, 6.45) is 12.3. The number of fused-ring (bicyclic) bond motifs is 5. The second kappa shape index (κ2) is 7.18. The van der Waals surface area contributed by atoms with Gasteiger partial charge in [0.2, 0.25) is 5.91 Å². The summed E-state index contributed by atoms with van der Waals surface area (Å²) in [5.74, 6) is 6.05. The molecule has 0 saturated heterocycles. The van der Waals surface area contributed by atoms with Gasteiger partial charge in [-0.15, -0.1) is 0 Å². The van der Waals surface area contributed by atoms with Gasteiger partial charge < -0.3 is 5.32 Å². The van der Waals surface area contributed by atoms with E-state index < -0.39 is 0 Å². The van der Waals surface area contributed by atoms with E-state index in [4.69, 9.17) is 0 Å². The van der Waals surface area contributed by atoms with Crippen molar-refractivity contribution in [3.8, 4) is 0 Å². The predicted molar refractivity (Wildman–Crippen MR) is 115 cm³/mol. The van der Waals surface area contributed by atoms with E-state index in [1.165, 1.54) is 51.4 Å². The van der Waals surface area contributed by atoms with Crippen LogP contribution in [0.5, 0.6) is 0 Å². The average molecular weight is 380 g/mol. The van der Waals surface area contributed by atoms with Crippen molar-refractivity contribution >= 4 is 11.6 Å². The van der Waals surface area contributed by atoms with Crippen LogP contribution in [0.3, 0.4) is 0 Å². The zero-order valence-corrected chi connectivity index (χ0v) is 17.7. The van der Waals surface area contributed by atoms with Gasteiger partial charge in [-0.25, -0.2) is 0 Å². The van der Waals surface area contributed by atoms with Crippen LogP contribution < -0.4 is 5.32 Å². The van der Waals surface area contributed by atoms with Crippen molar-refractivity contribution in [2.24, 2.45) is 46.8 Å². The molecule has 1 aromatic carbocycles. The van der Waals surface area contributed by atoms with Crippen molar-refractivity contribution in [3.63, 3.8) is 0 Å². The summed E-state index contributed by atoms with van der Waals surface area (Å²) < 4.78 is 0. The number of benzene rings is 1. The van der Waals surface area contributed by atoms with Crippen LogP contribution in [0.25, 0.3) is 0 Å². The van der Waals surface area contributed by atoms with Crippen LogP contribution >= 0.6 is 0 Å². The Bertz CT molecular complexity index is 714. The second-order valence-electron chi connectivity index (χ2n) is 10.9. The fraction of sp³-hybridized carbons (Fsp3) is 0.731. The van der Waals surface area contributed by atoms with E-state index >= 15 is 0 Å². The normalized spacial score (nSPS) is 44.9. The Morgan fingerprint density at radius 3 is 2.54 bits per heavy atom. The number of para-hydroxylation sites is 1. The van der Waals surface area contributed by atoms with E-state index in [-0.39, 0.29) is 17.2 Å². The van der Waals surface area contributed by atoms with E-state index in [0.717, 1.165) is 47.6 Å². The molecular weight excluding hydrogens is 342 g/mol. The van der Waals surface area contributed by atoms with Gasteiger partial charge in [0, 0.05) is 11.6 Å². The van der Waals surface area contributed by atoms with Crippen molar-refractivity contribution in [2.45, 2.75) is 71.6 Å². The maximum Gasteiger partial charge on any atom is 0.228 e. The van der Waals surface area contributed by atoms with Crippen LogP contribution in [0.15, 0.2) is 30.3 Å². The molecule has 8 atom stereocenters. The number of nitrogens with one attached hydrogen (secondary N) is 1. The van der Waals surface area contributed by atoms with Gasteiger partial charge in [-0.05, 0) is 104 Å². The van der Waals surface area contributed by atoms with Crippen molar-refractivity contribution < 1.29 is 4.79 Å². The van der Waals surface area contributed by atoms with Crippen LogP contribution in [0, 0.1) is 46.8 Å². The third-order valence-corrected chi connectivity index (χ3v) is 9.57. The number of amides is 1. The van der Waals surface area contributed by atoms with E-state index in [1.54, 1.807) is 0 Å². The van der Waals surface area contributed by atoms with Crippen LogP contribution in [-0.2, 0) is 4.79 Å². The topological polar surface area (TPSA) is 29.1 Å². The lowest BCUT2D eigenvalue weighted by Crippen LogP contribution is -2.49. The maximum absolute atomic E-state index is 13.2. The van der Waals surface area contributed by atoms with E-state index in [2.05, 4.69) is 19.2 Å².